The number of ether oxygens (including phenoxy) is 1. The Morgan fingerprint density at radius 1 is 1.33 bits per heavy atom. The fourth-order valence-electron chi connectivity index (χ4n) is 2.91. The van der Waals surface area contributed by atoms with Crippen LogP contribution in [0.1, 0.15) is 19.4 Å². The first-order valence-corrected chi connectivity index (χ1v) is 8.15. The van der Waals surface area contributed by atoms with E-state index in [1.165, 1.54) is 5.56 Å². The van der Waals surface area contributed by atoms with Gasteiger partial charge in [0.05, 0.1) is 12.7 Å². The van der Waals surface area contributed by atoms with Crippen LogP contribution in [0.25, 0.3) is 0 Å². The number of hydrogen-bond donors (Lipinski definition) is 1. The predicted molar refractivity (Wildman–Crippen MR) is 86.7 cm³/mol. The lowest BCUT2D eigenvalue weighted by Gasteiger charge is -2.18. The fourth-order valence-corrected chi connectivity index (χ4v) is 3.12. The van der Waals surface area contributed by atoms with E-state index in [1.807, 2.05) is 18.2 Å². The monoisotopic (exact) mass is 311 g/mol. The molecule has 1 N–H and O–H groups in total. The van der Waals surface area contributed by atoms with E-state index in [-0.39, 0.29) is 12.7 Å². The van der Waals surface area contributed by atoms with Crippen LogP contribution in [0.15, 0.2) is 24.3 Å². The Bertz CT molecular complexity index is 439. The number of likely N-dealkylation sites (tertiary alicyclic amines) is 1. The third-order valence-electron chi connectivity index (χ3n) is 4.14. The van der Waals surface area contributed by atoms with Gasteiger partial charge in [-0.15, -0.1) is 0 Å². The van der Waals surface area contributed by atoms with Crippen molar-refractivity contribution < 1.29 is 9.84 Å². The molecule has 2 unspecified atom stereocenters. The van der Waals surface area contributed by atoms with E-state index in [0.29, 0.717) is 11.8 Å². The molecule has 4 heteroatoms. The summed E-state index contributed by atoms with van der Waals surface area (Å²) in [4.78, 5) is 2.43. The number of halogens is 1. The van der Waals surface area contributed by atoms with Crippen molar-refractivity contribution in [2.75, 3.05) is 32.8 Å². The zero-order valence-electron chi connectivity index (χ0n) is 13.0. The number of aliphatic hydroxyl groups is 1. The first-order chi connectivity index (χ1) is 10.1. The minimum absolute atomic E-state index is 0.250. The normalized spacial score (nSPS) is 23.1. The maximum Gasteiger partial charge on any atom is 0.0519 e. The summed E-state index contributed by atoms with van der Waals surface area (Å²) in [6.45, 7) is 8.09. The summed E-state index contributed by atoms with van der Waals surface area (Å²) in [5.41, 5.74) is 1.27. The predicted octanol–water partition coefficient (Wildman–Crippen LogP) is 2.85. The molecule has 118 valence electrons. The van der Waals surface area contributed by atoms with Crippen molar-refractivity contribution in [2.45, 2.75) is 26.4 Å². The molecule has 1 saturated heterocycles. The maximum absolute atomic E-state index is 9.54. The minimum Gasteiger partial charge on any atom is -0.396 e. The largest absolute Gasteiger partial charge is 0.396 e. The second kappa shape index (κ2) is 8.14. The summed E-state index contributed by atoms with van der Waals surface area (Å²) in [5.74, 6) is 0.778. The number of aliphatic hydroxyl groups excluding tert-OH is 1. The third-order valence-corrected chi connectivity index (χ3v) is 4.37. The van der Waals surface area contributed by atoms with E-state index in [2.05, 4.69) is 24.8 Å². The van der Waals surface area contributed by atoms with Crippen LogP contribution in [0.3, 0.4) is 0 Å². The molecule has 1 aliphatic rings. The van der Waals surface area contributed by atoms with Crippen molar-refractivity contribution in [3.8, 4) is 0 Å². The molecule has 1 aromatic carbocycles. The summed E-state index contributed by atoms with van der Waals surface area (Å²) in [5, 5.41) is 10.3. The SMILES string of the molecule is CC(C)OCC1CN(CCc2cccc(Cl)c2)CC1CO. The van der Waals surface area contributed by atoms with Gasteiger partial charge in [-0.2, -0.15) is 0 Å². The van der Waals surface area contributed by atoms with Gasteiger partial charge in [-0.3, -0.25) is 0 Å². The van der Waals surface area contributed by atoms with Gasteiger partial charge in [-0.25, -0.2) is 0 Å². The van der Waals surface area contributed by atoms with Crippen molar-refractivity contribution >= 4 is 11.6 Å². The quantitative estimate of drug-likeness (QED) is 0.840. The van der Waals surface area contributed by atoms with E-state index >= 15 is 0 Å². The minimum atomic E-state index is 0.250. The molecule has 0 radical (unpaired) electrons. The van der Waals surface area contributed by atoms with Gasteiger partial charge in [0.1, 0.15) is 0 Å². The van der Waals surface area contributed by atoms with Crippen LogP contribution in [0.4, 0.5) is 0 Å². The molecule has 1 aromatic rings. The number of nitrogens with zero attached hydrogens (tertiary/aromatic N) is 1. The smallest absolute Gasteiger partial charge is 0.0519 e. The van der Waals surface area contributed by atoms with Gasteiger partial charge in [-0.05, 0) is 38.0 Å². The van der Waals surface area contributed by atoms with Crippen molar-refractivity contribution in [1.82, 2.24) is 4.90 Å². The molecule has 0 saturated carbocycles. The van der Waals surface area contributed by atoms with Crippen molar-refractivity contribution in [2.24, 2.45) is 11.8 Å². The molecule has 0 bridgehead atoms. The molecular formula is C17H26ClNO2. The number of rotatable bonds is 7. The summed E-state index contributed by atoms with van der Waals surface area (Å²) < 4.78 is 5.73. The van der Waals surface area contributed by atoms with E-state index in [9.17, 15) is 5.11 Å². The van der Waals surface area contributed by atoms with Crippen molar-refractivity contribution in [3.63, 3.8) is 0 Å². The Hall–Kier alpha value is -0.610. The highest BCUT2D eigenvalue weighted by Crippen LogP contribution is 2.24. The lowest BCUT2D eigenvalue weighted by Crippen LogP contribution is -2.24. The summed E-state index contributed by atoms with van der Waals surface area (Å²) in [7, 11) is 0. The van der Waals surface area contributed by atoms with Crippen LogP contribution in [-0.2, 0) is 11.2 Å². The number of benzene rings is 1. The Balaban J connectivity index is 1.82. The topological polar surface area (TPSA) is 32.7 Å². The van der Waals surface area contributed by atoms with Gasteiger partial charge in [-0.1, -0.05) is 23.7 Å². The van der Waals surface area contributed by atoms with Crippen LogP contribution in [0.5, 0.6) is 0 Å². The molecular weight excluding hydrogens is 286 g/mol. The highest BCUT2D eigenvalue weighted by atomic mass is 35.5. The molecule has 1 fully saturated rings. The van der Waals surface area contributed by atoms with Gasteiger partial charge < -0.3 is 14.7 Å². The highest BCUT2D eigenvalue weighted by Gasteiger charge is 2.32. The van der Waals surface area contributed by atoms with Crippen molar-refractivity contribution in [3.05, 3.63) is 34.9 Å². The van der Waals surface area contributed by atoms with Crippen LogP contribution >= 0.6 is 11.6 Å². The Morgan fingerprint density at radius 2 is 2.10 bits per heavy atom. The molecule has 0 amide bonds. The lowest BCUT2D eigenvalue weighted by atomic mass is 9.98. The molecule has 2 atom stereocenters. The zero-order chi connectivity index (χ0) is 15.2. The molecule has 2 rings (SSSR count). The van der Waals surface area contributed by atoms with Gasteiger partial charge in [0.15, 0.2) is 0 Å². The Kier molecular flexibility index (Phi) is 6.49. The zero-order valence-corrected chi connectivity index (χ0v) is 13.7. The van der Waals surface area contributed by atoms with Gasteiger partial charge >= 0.3 is 0 Å². The first-order valence-electron chi connectivity index (χ1n) is 7.77. The van der Waals surface area contributed by atoms with Crippen LogP contribution < -0.4 is 0 Å². The molecule has 1 heterocycles. The average molecular weight is 312 g/mol. The second-order valence-corrected chi connectivity index (χ2v) is 6.66. The molecule has 0 spiro atoms. The van der Waals surface area contributed by atoms with E-state index < -0.39 is 0 Å². The van der Waals surface area contributed by atoms with Gasteiger partial charge in [0.25, 0.3) is 0 Å². The van der Waals surface area contributed by atoms with Crippen molar-refractivity contribution in [1.29, 1.82) is 0 Å². The summed E-state index contributed by atoms with van der Waals surface area (Å²) in [6.07, 6.45) is 1.25. The maximum atomic E-state index is 9.54. The lowest BCUT2D eigenvalue weighted by molar-refractivity contribution is 0.0365. The standard InChI is InChI=1S/C17H26ClNO2/c1-13(2)21-12-16-10-19(9-15(16)11-20)7-6-14-4-3-5-17(18)8-14/h3-5,8,13,15-16,20H,6-7,9-12H2,1-2H3. The average Bonchev–Trinajstić information content (AvgIpc) is 2.85. The first kappa shape index (κ1) is 16.8. The molecule has 0 aromatic heterocycles. The highest BCUT2D eigenvalue weighted by molar-refractivity contribution is 6.30. The molecule has 21 heavy (non-hydrogen) atoms. The molecule has 3 nitrogen and oxygen atoms in total. The fraction of sp³-hybridized carbons (Fsp3) is 0.647. The van der Waals surface area contributed by atoms with E-state index in [0.717, 1.165) is 37.7 Å². The van der Waals surface area contributed by atoms with Crippen LogP contribution in [0.2, 0.25) is 5.02 Å². The van der Waals surface area contributed by atoms with E-state index in [1.54, 1.807) is 0 Å². The van der Waals surface area contributed by atoms with E-state index in [4.69, 9.17) is 16.3 Å². The van der Waals surface area contributed by atoms with Crippen LogP contribution in [0, 0.1) is 11.8 Å². The van der Waals surface area contributed by atoms with Gasteiger partial charge in [0.2, 0.25) is 0 Å². The Morgan fingerprint density at radius 3 is 2.76 bits per heavy atom. The second-order valence-electron chi connectivity index (χ2n) is 6.22. The summed E-state index contributed by atoms with van der Waals surface area (Å²) >= 11 is 6.02. The number of hydrogen-bond acceptors (Lipinski definition) is 3. The van der Waals surface area contributed by atoms with Gasteiger partial charge in [0, 0.05) is 43.1 Å². The van der Waals surface area contributed by atoms with Crippen LogP contribution in [-0.4, -0.2) is 49.0 Å². The summed E-state index contributed by atoms with van der Waals surface area (Å²) in [6, 6.07) is 8.05. The molecule has 1 aliphatic heterocycles. The molecule has 0 aliphatic carbocycles. The Labute approximate surface area is 132 Å². The third kappa shape index (κ3) is 5.26.